The molecule has 0 amide bonds. The molecule has 0 aromatic heterocycles. The zero-order chi connectivity index (χ0) is 9.94. The second kappa shape index (κ2) is 10.3. The number of methoxy groups -OCH3 is 1. The molecule has 0 heterocycles. The topological polar surface area (TPSA) is 21.3 Å². The summed E-state index contributed by atoms with van der Waals surface area (Å²) in [5.41, 5.74) is 0. The van der Waals surface area contributed by atoms with Gasteiger partial charge >= 0.3 is 0 Å². The molecule has 0 radical (unpaired) electrons. The molecule has 0 aliphatic rings. The van der Waals surface area contributed by atoms with Crippen LogP contribution in [0.3, 0.4) is 0 Å². The number of alkyl halides is 1. The van der Waals surface area contributed by atoms with Crippen LogP contribution in [0.25, 0.3) is 0 Å². The first-order valence-electron chi connectivity index (χ1n) is 5.07. The second-order valence-electron chi connectivity index (χ2n) is 3.50. The van der Waals surface area contributed by atoms with Gasteiger partial charge in [0.05, 0.1) is 0 Å². The Labute approximate surface area is 87.0 Å². The van der Waals surface area contributed by atoms with E-state index >= 15 is 0 Å². The average molecular weight is 208 g/mol. The van der Waals surface area contributed by atoms with E-state index in [1.54, 1.807) is 7.11 Å². The van der Waals surface area contributed by atoms with Crippen LogP contribution in [-0.2, 0) is 4.74 Å². The van der Waals surface area contributed by atoms with Gasteiger partial charge < -0.3 is 10.1 Å². The van der Waals surface area contributed by atoms with E-state index in [1.165, 1.54) is 12.8 Å². The first kappa shape index (κ1) is 13.2. The average Bonchev–Trinajstić information content (AvgIpc) is 2.16. The lowest BCUT2D eigenvalue weighted by Crippen LogP contribution is -2.18. The van der Waals surface area contributed by atoms with Crippen LogP contribution in [0.2, 0.25) is 0 Å². The van der Waals surface area contributed by atoms with E-state index in [9.17, 15) is 0 Å². The molecule has 1 N–H and O–H groups in total. The van der Waals surface area contributed by atoms with Crippen molar-refractivity contribution in [3.8, 4) is 0 Å². The van der Waals surface area contributed by atoms with Crippen LogP contribution in [0.15, 0.2) is 0 Å². The van der Waals surface area contributed by atoms with E-state index in [2.05, 4.69) is 12.2 Å². The van der Waals surface area contributed by atoms with E-state index in [1.807, 2.05) is 0 Å². The molecule has 13 heavy (non-hydrogen) atoms. The van der Waals surface area contributed by atoms with Gasteiger partial charge in [-0.3, -0.25) is 0 Å². The summed E-state index contributed by atoms with van der Waals surface area (Å²) in [6.45, 7) is 5.21. The predicted molar refractivity (Wildman–Crippen MR) is 58.5 cm³/mol. The van der Waals surface area contributed by atoms with Gasteiger partial charge in [-0.2, -0.15) is 0 Å². The molecular formula is C10H22ClNO. The van der Waals surface area contributed by atoms with E-state index in [0.29, 0.717) is 5.92 Å². The van der Waals surface area contributed by atoms with Gasteiger partial charge in [-0.1, -0.05) is 6.92 Å². The van der Waals surface area contributed by atoms with Crippen LogP contribution in [-0.4, -0.2) is 32.7 Å². The lowest BCUT2D eigenvalue weighted by Gasteiger charge is -2.07. The monoisotopic (exact) mass is 207 g/mol. The van der Waals surface area contributed by atoms with Crippen molar-refractivity contribution in [3.63, 3.8) is 0 Å². The minimum atomic E-state index is 0.655. The molecule has 0 rings (SSSR count). The highest BCUT2D eigenvalue weighted by Crippen LogP contribution is 2.05. The Morgan fingerprint density at radius 1 is 1.31 bits per heavy atom. The molecular weight excluding hydrogens is 186 g/mol. The van der Waals surface area contributed by atoms with Crippen molar-refractivity contribution < 1.29 is 4.74 Å². The fraction of sp³-hybridized carbons (Fsp3) is 1.00. The van der Waals surface area contributed by atoms with Crippen molar-refractivity contribution in [2.45, 2.75) is 26.2 Å². The van der Waals surface area contributed by atoms with Crippen LogP contribution in [0.1, 0.15) is 26.2 Å². The molecule has 0 aliphatic heterocycles. The maximum atomic E-state index is 5.70. The zero-order valence-corrected chi connectivity index (χ0v) is 9.57. The van der Waals surface area contributed by atoms with E-state index in [-0.39, 0.29) is 0 Å². The molecule has 0 fully saturated rings. The molecule has 1 unspecified atom stereocenters. The summed E-state index contributed by atoms with van der Waals surface area (Å²) in [4.78, 5) is 0. The summed E-state index contributed by atoms with van der Waals surface area (Å²) in [5, 5.41) is 3.38. The molecule has 0 spiro atoms. The fourth-order valence-electron chi connectivity index (χ4n) is 1.12. The van der Waals surface area contributed by atoms with Gasteiger partial charge in [0.1, 0.15) is 0 Å². The highest BCUT2D eigenvalue weighted by atomic mass is 35.5. The first-order valence-corrected chi connectivity index (χ1v) is 5.60. The summed E-state index contributed by atoms with van der Waals surface area (Å²) < 4.78 is 4.95. The van der Waals surface area contributed by atoms with Crippen molar-refractivity contribution in [1.82, 2.24) is 5.32 Å². The lowest BCUT2D eigenvalue weighted by molar-refractivity contribution is 0.194. The standard InChI is InChI=1S/C10H22ClNO/c1-10(9-11)5-3-6-12-7-4-8-13-2/h10,12H,3-9H2,1-2H3. The van der Waals surface area contributed by atoms with Crippen LogP contribution in [0.5, 0.6) is 0 Å². The number of hydrogen-bond acceptors (Lipinski definition) is 2. The predicted octanol–water partition coefficient (Wildman–Crippen LogP) is 2.27. The molecule has 1 atom stereocenters. The fourth-order valence-corrected chi connectivity index (χ4v) is 1.27. The van der Waals surface area contributed by atoms with Gasteiger partial charge in [-0.05, 0) is 38.3 Å². The molecule has 0 aromatic carbocycles. The lowest BCUT2D eigenvalue weighted by atomic mass is 10.1. The number of ether oxygens (including phenoxy) is 1. The number of nitrogens with one attached hydrogen (secondary N) is 1. The van der Waals surface area contributed by atoms with Crippen LogP contribution in [0, 0.1) is 5.92 Å². The summed E-state index contributed by atoms with van der Waals surface area (Å²) in [7, 11) is 1.74. The van der Waals surface area contributed by atoms with Crippen LogP contribution in [0.4, 0.5) is 0 Å². The third-order valence-electron chi connectivity index (χ3n) is 2.02. The Morgan fingerprint density at radius 3 is 2.62 bits per heavy atom. The Hall–Kier alpha value is 0.210. The minimum absolute atomic E-state index is 0.655. The maximum absolute atomic E-state index is 5.70. The normalized spacial score (nSPS) is 13.2. The van der Waals surface area contributed by atoms with Crippen LogP contribution < -0.4 is 5.32 Å². The summed E-state index contributed by atoms with van der Waals surface area (Å²) in [6.07, 6.45) is 3.54. The molecule has 0 aliphatic carbocycles. The Morgan fingerprint density at radius 2 is 2.00 bits per heavy atom. The molecule has 0 saturated carbocycles. The zero-order valence-electron chi connectivity index (χ0n) is 8.81. The Kier molecular flexibility index (Phi) is 10.5. The number of rotatable bonds is 9. The van der Waals surface area contributed by atoms with Gasteiger partial charge in [-0.15, -0.1) is 11.6 Å². The third kappa shape index (κ3) is 10.1. The summed E-state index contributed by atoms with van der Waals surface area (Å²) >= 11 is 5.70. The van der Waals surface area contributed by atoms with Gasteiger partial charge in [0.2, 0.25) is 0 Å². The van der Waals surface area contributed by atoms with E-state index in [4.69, 9.17) is 16.3 Å². The first-order chi connectivity index (χ1) is 6.31. The maximum Gasteiger partial charge on any atom is 0.0474 e. The Bertz CT molecular complexity index is 101. The highest BCUT2D eigenvalue weighted by Gasteiger charge is 1.98. The molecule has 0 saturated heterocycles. The van der Waals surface area contributed by atoms with Gasteiger partial charge in [0, 0.05) is 19.6 Å². The SMILES string of the molecule is COCCCNCCCC(C)CCl. The van der Waals surface area contributed by atoms with Gasteiger partial charge in [0.25, 0.3) is 0 Å². The van der Waals surface area contributed by atoms with Gasteiger partial charge in [-0.25, -0.2) is 0 Å². The quantitative estimate of drug-likeness (QED) is 0.463. The van der Waals surface area contributed by atoms with Crippen molar-refractivity contribution in [1.29, 1.82) is 0 Å². The van der Waals surface area contributed by atoms with Gasteiger partial charge in [0.15, 0.2) is 0 Å². The van der Waals surface area contributed by atoms with Crippen molar-refractivity contribution in [3.05, 3.63) is 0 Å². The highest BCUT2D eigenvalue weighted by molar-refractivity contribution is 6.18. The largest absolute Gasteiger partial charge is 0.385 e. The number of hydrogen-bond donors (Lipinski definition) is 1. The van der Waals surface area contributed by atoms with E-state index < -0.39 is 0 Å². The second-order valence-corrected chi connectivity index (χ2v) is 3.81. The number of halogens is 1. The molecule has 0 aromatic rings. The molecule has 2 nitrogen and oxygen atoms in total. The van der Waals surface area contributed by atoms with Crippen LogP contribution >= 0.6 is 11.6 Å². The summed E-state index contributed by atoms with van der Waals surface area (Å²) in [5.74, 6) is 1.44. The summed E-state index contributed by atoms with van der Waals surface area (Å²) in [6, 6.07) is 0. The molecule has 0 bridgehead atoms. The Balaban J connectivity index is 2.91. The van der Waals surface area contributed by atoms with E-state index in [0.717, 1.165) is 32.0 Å². The molecule has 3 heteroatoms. The smallest absolute Gasteiger partial charge is 0.0474 e. The third-order valence-corrected chi connectivity index (χ3v) is 2.54. The minimum Gasteiger partial charge on any atom is -0.385 e. The van der Waals surface area contributed by atoms with Crippen molar-refractivity contribution in [2.24, 2.45) is 5.92 Å². The molecule has 80 valence electrons. The van der Waals surface area contributed by atoms with Crippen molar-refractivity contribution in [2.75, 3.05) is 32.7 Å². The van der Waals surface area contributed by atoms with Crippen molar-refractivity contribution >= 4 is 11.6 Å².